The fourth-order valence-corrected chi connectivity index (χ4v) is 3.06. The van der Waals surface area contributed by atoms with Crippen LogP contribution < -0.4 is 14.8 Å². The Balaban J connectivity index is 1.87. The topological polar surface area (TPSA) is 30.5 Å². The number of fused-ring (bicyclic) bond motifs is 1. The van der Waals surface area contributed by atoms with Gasteiger partial charge in [0.05, 0.1) is 13.2 Å². The molecule has 1 unspecified atom stereocenters. The van der Waals surface area contributed by atoms with Crippen LogP contribution in [0, 0.1) is 5.92 Å². The van der Waals surface area contributed by atoms with Crippen molar-refractivity contribution in [1.82, 2.24) is 5.32 Å². The van der Waals surface area contributed by atoms with Crippen molar-refractivity contribution in [3.8, 4) is 11.5 Å². The normalized spacial score (nSPS) is 22.1. The van der Waals surface area contributed by atoms with Crippen LogP contribution in [0.2, 0.25) is 0 Å². The molecule has 1 saturated heterocycles. The van der Waals surface area contributed by atoms with Crippen molar-refractivity contribution in [2.45, 2.75) is 32.1 Å². The minimum absolute atomic E-state index is 0.0878. The van der Waals surface area contributed by atoms with Crippen LogP contribution in [0.15, 0.2) is 12.1 Å². The number of hydrogen-bond donors (Lipinski definition) is 1. The zero-order chi connectivity index (χ0) is 14.7. The van der Waals surface area contributed by atoms with Gasteiger partial charge in [-0.05, 0) is 56.0 Å². The van der Waals surface area contributed by atoms with Crippen molar-refractivity contribution in [3.05, 3.63) is 23.3 Å². The number of rotatable bonds is 3. The van der Waals surface area contributed by atoms with Crippen LogP contribution in [0.1, 0.15) is 36.8 Å². The summed E-state index contributed by atoms with van der Waals surface area (Å²) >= 11 is 0. The lowest BCUT2D eigenvalue weighted by atomic mass is 9.90. The van der Waals surface area contributed by atoms with E-state index in [-0.39, 0.29) is 5.56 Å². The summed E-state index contributed by atoms with van der Waals surface area (Å²) < 4.78 is 37.8. The molecular weight excluding hydrogens is 276 g/mol. The number of benzene rings is 1. The van der Waals surface area contributed by atoms with Gasteiger partial charge in [0, 0.05) is 12.0 Å². The summed E-state index contributed by atoms with van der Waals surface area (Å²) in [6, 6.07) is 3.23. The molecule has 21 heavy (non-hydrogen) atoms. The molecule has 3 rings (SSSR count). The Morgan fingerprint density at radius 3 is 2.57 bits per heavy atom. The number of hydrogen-bond acceptors (Lipinski definition) is 3. The summed E-state index contributed by atoms with van der Waals surface area (Å²) in [6.07, 6.45) is 1.17. The molecule has 1 aromatic rings. The van der Waals surface area contributed by atoms with Gasteiger partial charge < -0.3 is 14.8 Å². The van der Waals surface area contributed by atoms with Gasteiger partial charge in [-0.2, -0.15) is 0 Å². The van der Waals surface area contributed by atoms with Crippen LogP contribution in [0.3, 0.4) is 0 Å². The smallest absolute Gasteiger partial charge is 0.264 e. The lowest BCUT2D eigenvalue weighted by Gasteiger charge is -2.24. The summed E-state index contributed by atoms with van der Waals surface area (Å²) in [4.78, 5) is 0. The number of ether oxygens (including phenoxy) is 2. The predicted molar refractivity (Wildman–Crippen MR) is 76.3 cm³/mol. The fourth-order valence-electron chi connectivity index (χ4n) is 3.06. The van der Waals surface area contributed by atoms with Gasteiger partial charge in [0.1, 0.15) is 0 Å². The molecule has 0 bridgehead atoms. The van der Waals surface area contributed by atoms with E-state index in [1.165, 1.54) is 6.07 Å². The Bertz CT molecular complexity index is 487. The largest absolute Gasteiger partial charge is 0.490 e. The molecule has 1 N–H and O–H groups in total. The summed E-state index contributed by atoms with van der Waals surface area (Å²) in [5.41, 5.74) is 0.785. The van der Waals surface area contributed by atoms with Gasteiger partial charge in [-0.1, -0.05) is 0 Å². The Labute approximate surface area is 123 Å². The van der Waals surface area contributed by atoms with Crippen molar-refractivity contribution >= 4 is 0 Å². The van der Waals surface area contributed by atoms with Crippen LogP contribution in [0.4, 0.5) is 8.78 Å². The highest BCUT2D eigenvalue weighted by molar-refractivity contribution is 5.48. The third-order valence-electron chi connectivity index (χ3n) is 4.15. The maximum Gasteiger partial charge on any atom is 0.264 e. The van der Waals surface area contributed by atoms with E-state index in [0.29, 0.717) is 42.6 Å². The third-order valence-corrected chi connectivity index (χ3v) is 4.15. The summed E-state index contributed by atoms with van der Waals surface area (Å²) in [6.45, 7) is 3.02. The second-order valence-corrected chi connectivity index (χ2v) is 5.77. The first kappa shape index (κ1) is 14.6. The second-order valence-electron chi connectivity index (χ2n) is 5.77. The number of halogens is 2. The van der Waals surface area contributed by atoms with Crippen molar-refractivity contribution in [1.29, 1.82) is 0 Å². The molecule has 1 fully saturated rings. The van der Waals surface area contributed by atoms with Gasteiger partial charge in [0.15, 0.2) is 11.5 Å². The molecule has 5 heteroatoms. The minimum atomic E-state index is -2.48. The molecule has 2 aliphatic rings. The number of alkyl halides is 2. The molecule has 0 spiro atoms. The second kappa shape index (κ2) is 6.60. The Morgan fingerprint density at radius 2 is 1.90 bits per heavy atom. The van der Waals surface area contributed by atoms with E-state index in [2.05, 4.69) is 5.32 Å². The molecule has 3 nitrogen and oxygen atoms in total. The summed E-state index contributed by atoms with van der Waals surface area (Å²) in [7, 11) is 0. The van der Waals surface area contributed by atoms with E-state index in [0.717, 1.165) is 32.4 Å². The average Bonchev–Trinajstić information content (AvgIpc) is 2.72. The lowest BCUT2D eigenvalue weighted by Crippen LogP contribution is -2.31. The molecule has 116 valence electrons. The molecule has 0 aliphatic carbocycles. The van der Waals surface area contributed by atoms with Crippen LogP contribution in [-0.2, 0) is 6.42 Å². The summed E-state index contributed by atoms with van der Waals surface area (Å²) in [5.74, 6) is 1.48. The van der Waals surface area contributed by atoms with E-state index < -0.39 is 6.43 Å². The number of piperidine rings is 1. The SMILES string of the molecule is FC(F)c1cc2c(cc1CC1CCCNC1)OCCCO2. The molecule has 2 aliphatic heterocycles. The van der Waals surface area contributed by atoms with Crippen molar-refractivity contribution in [2.24, 2.45) is 5.92 Å². The Kier molecular flexibility index (Phi) is 4.58. The van der Waals surface area contributed by atoms with Crippen LogP contribution in [0.25, 0.3) is 0 Å². The molecular formula is C16H21F2NO2. The molecule has 0 aromatic heterocycles. The maximum absolute atomic E-state index is 13.3. The predicted octanol–water partition coefficient (Wildman–Crippen LogP) is 3.33. The lowest BCUT2D eigenvalue weighted by molar-refractivity contribution is 0.149. The van der Waals surface area contributed by atoms with E-state index in [1.54, 1.807) is 6.07 Å². The summed E-state index contributed by atoms with van der Waals surface area (Å²) in [5, 5.41) is 3.33. The van der Waals surface area contributed by atoms with Crippen LogP contribution in [0.5, 0.6) is 11.5 Å². The van der Waals surface area contributed by atoms with E-state index in [9.17, 15) is 8.78 Å². The quantitative estimate of drug-likeness (QED) is 0.928. The van der Waals surface area contributed by atoms with Crippen molar-refractivity contribution in [2.75, 3.05) is 26.3 Å². The maximum atomic E-state index is 13.3. The first-order valence-electron chi connectivity index (χ1n) is 7.65. The average molecular weight is 297 g/mol. The zero-order valence-corrected chi connectivity index (χ0v) is 12.0. The van der Waals surface area contributed by atoms with E-state index >= 15 is 0 Å². The molecule has 0 saturated carbocycles. The van der Waals surface area contributed by atoms with Gasteiger partial charge in [0.2, 0.25) is 0 Å². The highest BCUT2D eigenvalue weighted by atomic mass is 19.3. The van der Waals surface area contributed by atoms with Crippen molar-refractivity contribution in [3.63, 3.8) is 0 Å². The first-order chi connectivity index (χ1) is 10.2. The minimum Gasteiger partial charge on any atom is -0.490 e. The standard InChI is InChI=1S/C16H21F2NO2/c17-16(18)13-9-15-14(20-5-2-6-21-15)8-12(13)7-11-3-1-4-19-10-11/h8-9,11,16,19H,1-7,10H2. The van der Waals surface area contributed by atoms with Gasteiger partial charge in [-0.3, -0.25) is 0 Å². The van der Waals surface area contributed by atoms with Crippen LogP contribution in [-0.4, -0.2) is 26.3 Å². The zero-order valence-electron chi connectivity index (χ0n) is 12.0. The monoisotopic (exact) mass is 297 g/mol. The molecule has 0 radical (unpaired) electrons. The van der Waals surface area contributed by atoms with Gasteiger partial charge in [0.25, 0.3) is 6.43 Å². The highest BCUT2D eigenvalue weighted by Gasteiger charge is 2.22. The van der Waals surface area contributed by atoms with Crippen molar-refractivity contribution < 1.29 is 18.3 Å². The van der Waals surface area contributed by atoms with Gasteiger partial charge >= 0.3 is 0 Å². The number of nitrogens with one attached hydrogen (secondary N) is 1. The Morgan fingerprint density at radius 1 is 1.14 bits per heavy atom. The van der Waals surface area contributed by atoms with Gasteiger partial charge in [-0.25, -0.2) is 8.78 Å². The third kappa shape index (κ3) is 3.46. The molecule has 1 atom stereocenters. The van der Waals surface area contributed by atoms with Crippen LogP contribution >= 0.6 is 0 Å². The first-order valence-corrected chi connectivity index (χ1v) is 7.65. The van der Waals surface area contributed by atoms with E-state index in [4.69, 9.17) is 9.47 Å². The molecule has 2 heterocycles. The molecule has 1 aromatic carbocycles. The molecule has 0 amide bonds. The highest BCUT2D eigenvalue weighted by Crippen LogP contribution is 2.37. The van der Waals surface area contributed by atoms with Gasteiger partial charge in [-0.15, -0.1) is 0 Å². The Hall–Kier alpha value is -1.36. The fraction of sp³-hybridized carbons (Fsp3) is 0.625. The van der Waals surface area contributed by atoms with E-state index in [1.807, 2.05) is 0 Å².